The maximum absolute atomic E-state index is 8.82. The number of hydrogen-bond acceptors (Lipinski definition) is 4. The summed E-state index contributed by atoms with van der Waals surface area (Å²) < 4.78 is 0. The Morgan fingerprint density at radius 2 is 2.12 bits per heavy atom. The van der Waals surface area contributed by atoms with Gasteiger partial charge in [-0.05, 0) is 31.0 Å². The van der Waals surface area contributed by atoms with E-state index in [-0.39, 0.29) is 0 Å². The molecule has 4 nitrogen and oxygen atoms in total. The van der Waals surface area contributed by atoms with E-state index >= 15 is 0 Å². The van der Waals surface area contributed by atoms with Gasteiger partial charge in [-0.2, -0.15) is 10.5 Å². The lowest BCUT2D eigenvalue weighted by molar-refractivity contribution is 0.793. The second-order valence-electron chi connectivity index (χ2n) is 4.22. The lowest BCUT2D eigenvalue weighted by Gasteiger charge is -2.24. The Labute approximate surface area is 101 Å². The lowest BCUT2D eigenvalue weighted by atomic mass is 10.1. The van der Waals surface area contributed by atoms with Gasteiger partial charge in [-0.15, -0.1) is 0 Å². The Hall–Kier alpha value is -2.20. The zero-order valence-electron chi connectivity index (χ0n) is 9.56. The quantitative estimate of drug-likeness (QED) is 0.797. The molecule has 0 amide bonds. The van der Waals surface area contributed by atoms with E-state index in [9.17, 15) is 0 Å². The van der Waals surface area contributed by atoms with Crippen LogP contribution in [0.1, 0.15) is 24.8 Å². The summed E-state index contributed by atoms with van der Waals surface area (Å²) in [6, 6.07) is 10.2. The van der Waals surface area contributed by atoms with Crippen LogP contribution < -0.4 is 10.6 Å². The van der Waals surface area contributed by atoms with E-state index in [1.165, 1.54) is 12.8 Å². The van der Waals surface area contributed by atoms with Gasteiger partial charge < -0.3 is 10.6 Å². The molecule has 0 heterocycles. The van der Waals surface area contributed by atoms with Crippen molar-refractivity contribution >= 4 is 11.4 Å². The normalized spacial score (nSPS) is 13.8. The zero-order chi connectivity index (χ0) is 12.3. The first-order chi connectivity index (χ1) is 8.26. The molecule has 0 aliphatic heterocycles. The molecule has 2 N–H and O–H groups in total. The standard InChI is InChI=1S/C13H14N4/c14-6-1-7-17(11-4-5-11)12-3-2-10(9-15)13(16)8-12/h2-3,8,11H,1,4-5,7,16H2. The van der Waals surface area contributed by atoms with Gasteiger partial charge in [0.15, 0.2) is 0 Å². The number of rotatable bonds is 4. The molecule has 1 fully saturated rings. The van der Waals surface area contributed by atoms with Gasteiger partial charge in [-0.1, -0.05) is 0 Å². The second kappa shape index (κ2) is 4.76. The summed E-state index contributed by atoms with van der Waals surface area (Å²) >= 11 is 0. The van der Waals surface area contributed by atoms with E-state index in [1.807, 2.05) is 12.1 Å². The first-order valence-corrected chi connectivity index (χ1v) is 5.69. The highest BCUT2D eigenvalue weighted by Crippen LogP contribution is 2.33. The van der Waals surface area contributed by atoms with Crippen molar-refractivity contribution in [1.29, 1.82) is 10.5 Å². The summed E-state index contributed by atoms with van der Waals surface area (Å²) in [5.41, 5.74) is 7.83. The van der Waals surface area contributed by atoms with Crippen molar-refractivity contribution in [3.05, 3.63) is 23.8 Å². The van der Waals surface area contributed by atoms with Crippen molar-refractivity contribution in [1.82, 2.24) is 0 Å². The van der Waals surface area contributed by atoms with Gasteiger partial charge in [0.2, 0.25) is 0 Å². The van der Waals surface area contributed by atoms with Gasteiger partial charge >= 0.3 is 0 Å². The number of nitrogens with zero attached hydrogens (tertiary/aromatic N) is 3. The average molecular weight is 226 g/mol. The summed E-state index contributed by atoms with van der Waals surface area (Å²) in [5, 5.41) is 17.5. The number of hydrogen-bond donors (Lipinski definition) is 1. The van der Waals surface area contributed by atoms with Crippen molar-refractivity contribution in [2.24, 2.45) is 0 Å². The third kappa shape index (κ3) is 2.49. The number of anilines is 2. The highest BCUT2D eigenvalue weighted by atomic mass is 15.2. The minimum absolute atomic E-state index is 0.504. The molecule has 0 bridgehead atoms. The Balaban J connectivity index is 2.21. The van der Waals surface area contributed by atoms with E-state index in [4.69, 9.17) is 16.3 Å². The van der Waals surface area contributed by atoms with Crippen LogP contribution in [0, 0.1) is 22.7 Å². The average Bonchev–Trinajstić information content (AvgIpc) is 3.14. The molecule has 17 heavy (non-hydrogen) atoms. The Morgan fingerprint density at radius 3 is 2.65 bits per heavy atom. The number of nitrogen functional groups attached to an aromatic ring is 1. The lowest BCUT2D eigenvalue weighted by Crippen LogP contribution is -2.26. The molecule has 0 atom stereocenters. The number of nitrogens with two attached hydrogens (primary N) is 1. The van der Waals surface area contributed by atoms with Crippen molar-refractivity contribution < 1.29 is 0 Å². The van der Waals surface area contributed by atoms with Gasteiger partial charge in [0.05, 0.1) is 23.7 Å². The van der Waals surface area contributed by atoms with Crippen LogP contribution in [0.3, 0.4) is 0 Å². The predicted molar refractivity (Wildman–Crippen MR) is 66.2 cm³/mol. The molecule has 0 aromatic heterocycles. The SMILES string of the molecule is N#CCCN(c1ccc(C#N)c(N)c1)C1CC1. The van der Waals surface area contributed by atoms with Crippen LogP contribution in [0.15, 0.2) is 18.2 Å². The van der Waals surface area contributed by atoms with Gasteiger partial charge in [0.25, 0.3) is 0 Å². The highest BCUT2D eigenvalue weighted by molar-refractivity contribution is 5.64. The fourth-order valence-electron chi connectivity index (χ4n) is 1.91. The molecule has 1 aromatic rings. The fourth-order valence-corrected chi connectivity index (χ4v) is 1.91. The largest absolute Gasteiger partial charge is 0.398 e. The summed E-state index contributed by atoms with van der Waals surface area (Å²) in [6.45, 7) is 0.729. The Bertz CT molecular complexity index is 491. The van der Waals surface area contributed by atoms with Gasteiger partial charge in [0.1, 0.15) is 6.07 Å². The van der Waals surface area contributed by atoms with Crippen molar-refractivity contribution in [3.63, 3.8) is 0 Å². The van der Waals surface area contributed by atoms with Crippen molar-refractivity contribution in [3.8, 4) is 12.1 Å². The molecule has 86 valence electrons. The van der Waals surface area contributed by atoms with Crippen molar-refractivity contribution in [2.75, 3.05) is 17.2 Å². The Kier molecular flexibility index (Phi) is 3.16. The first kappa shape index (κ1) is 11.3. The second-order valence-corrected chi connectivity index (χ2v) is 4.22. The topological polar surface area (TPSA) is 76.8 Å². The smallest absolute Gasteiger partial charge is 0.101 e. The van der Waals surface area contributed by atoms with E-state index in [2.05, 4.69) is 17.0 Å². The molecule has 0 spiro atoms. The maximum Gasteiger partial charge on any atom is 0.101 e. The molecule has 0 saturated heterocycles. The molecule has 0 radical (unpaired) electrons. The van der Waals surface area contributed by atoms with E-state index < -0.39 is 0 Å². The molecular weight excluding hydrogens is 212 g/mol. The Morgan fingerprint density at radius 1 is 1.35 bits per heavy atom. The summed E-state index contributed by atoms with van der Waals surface area (Å²) in [4.78, 5) is 2.21. The fraction of sp³-hybridized carbons (Fsp3) is 0.385. The molecule has 1 aliphatic rings. The minimum Gasteiger partial charge on any atom is -0.398 e. The predicted octanol–water partition coefficient (Wildman–Crippen LogP) is 2.02. The summed E-state index contributed by atoms with van der Waals surface area (Å²) in [6.07, 6.45) is 2.85. The van der Waals surface area contributed by atoms with Gasteiger partial charge in [-0.25, -0.2) is 0 Å². The van der Waals surface area contributed by atoms with Crippen LogP contribution in [-0.2, 0) is 0 Å². The molecule has 1 aliphatic carbocycles. The van der Waals surface area contributed by atoms with Crippen LogP contribution in [0.2, 0.25) is 0 Å². The van der Waals surface area contributed by atoms with Crippen LogP contribution in [0.25, 0.3) is 0 Å². The number of benzene rings is 1. The van der Waals surface area contributed by atoms with Crippen LogP contribution >= 0.6 is 0 Å². The summed E-state index contributed by atoms with van der Waals surface area (Å²) in [7, 11) is 0. The first-order valence-electron chi connectivity index (χ1n) is 5.69. The monoisotopic (exact) mass is 226 g/mol. The minimum atomic E-state index is 0.504. The van der Waals surface area contributed by atoms with E-state index in [0.717, 1.165) is 12.2 Å². The maximum atomic E-state index is 8.82. The van der Waals surface area contributed by atoms with Crippen LogP contribution in [0.4, 0.5) is 11.4 Å². The molecule has 0 unspecified atom stereocenters. The van der Waals surface area contributed by atoms with Crippen LogP contribution in [-0.4, -0.2) is 12.6 Å². The molecule has 1 saturated carbocycles. The van der Waals surface area contributed by atoms with Crippen molar-refractivity contribution in [2.45, 2.75) is 25.3 Å². The molecule has 4 heteroatoms. The number of nitriles is 2. The van der Waals surface area contributed by atoms with Crippen LogP contribution in [0.5, 0.6) is 0 Å². The van der Waals surface area contributed by atoms with Gasteiger partial charge in [-0.3, -0.25) is 0 Å². The van der Waals surface area contributed by atoms with E-state index in [1.54, 1.807) is 6.07 Å². The molecule has 1 aromatic carbocycles. The third-order valence-electron chi connectivity index (χ3n) is 2.94. The van der Waals surface area contributed by atoms with E-state index in [0.29, 0.717) is 23.7 Å². The zero-order valence-corrected chi connectivity index (χ0v) is 9.56. The molecule has 2 rings (SSSR count). The van der Waals surface area contributed by atoms with Gasteiger partial charge in [0, 0.05) is 18.3 Å². The third-order valence-corrected chi connectivity index (χ3v) is 2.94. The highest BCUT2D eigenvalue weighted by Gasteiger charge is 2.29. The molecular formula is C13H14N4. The summed E-state index contributed by atoms with van der Waals surface area (Å²) in [5.74, 6) is 0.